The second-order valence-corrected chi connectivity index (χ2v) is 12.6. The maximum atomic E-state index is 2.45. The molecule has 0 aromatic heterocycles. The minimum atomic E-state index is 0.367. The van der Waals surface area contributed by atoms with Gasteiger partial charge in [-0.25, -0.2) is 0 Å². The maximum absolute atomic E-state index is 2.45. The van der Waals surface area contributed by atoms with Crippen LogP contribution in [0.15, 0.2) is 84.9 Å². The van der Waals surface area contributed by atoms with E-state index < -0.39 is 0 Å². The molecule has 4 aliphatic carbocycles. The summed E-state index contributed by atoms with van der Waals surface area (Å²) >= 11 is 0. The molecule has 0 aliphatic heterocycles. The molecule has 0 atom stereocenters. The smallest absolute Gasteiger partial charge is 0.00717 e. The van der Waals surface area contributed by atoms with Crippen LogP contribution in [0.25, 0.3) is 0 Å². The summed E-state index contributed by atoms with van der Waals surface area (Å²) in [6.45, 7) is 14.3. The standard InChI is InChI=1S/C14H18.C14H20.C6H6/c1-13-7-9-14(2,10-8-13)12-6-4-3-5-11(12)13;1-13(2)9-10-14(3,4)12-8-6-5-7-11(12)13;1-2-4-6-5-3-1/h3-6H,7-10H2,1-2H3;5-8H,9-10H2,1-4H3;1-6H. The summed E-state index contributed by atoms with van der Waals surface area (Å²) in [5.41, 5.74) is 8.11. The Hall–Kier alpha value is -2.34. The van der Waals surface area contributed by atoms with Crippen molar-refractivity contribution in [2.45, 2.75) is 102 Å². The second kappa shape index (κ2) is 9.37. The molecule has 0 spiro atoms. The van der Waals surface area contributed by atoms with Crippen LogP contribution in [-0.4, -0.2) is 0 Å². The minimum absolute atomic E-state index is 0.367. The summed E-state index contributed by atoms with van der Waals surface area (Å²) in [5, 5.41) is 0. The van der Waals surface area contributed by atoms with Gasteiger partial charge in [0, 0.05) is 0 Å². The molecule has 34 heavy (non-hydrogen) atoms. The highest BCUT2D eigenvalue weighted by atomic mass is 14.5. The number of rotatable bonds is 0. The summed E-state index contributed by atoms with van der Waals surface area (Å²) in [6.07, 6.45) is 8.16. The molecule has 0 nitrogen and oxygen atoms in total. The first kappa shape index (κ1) is 24.8. The average Bonchev–Trinajstić information content (AvgIpc) is 2.86. The molecular weight excluding hydrogens is 408 g/mol. The van der Waals surface area contributed by atoms with Crippen LogP contribution in [0.1, 0.15) is 102 Å². The van der Waals surface area contributed by atoms with Crippen molar-refractivity contribution in [3.63, 3.8) is 0 Å². The Morgan fingerprint density at radius 3 is 0.912 bits per heavy atom. The van der Waals surface area contributed by atoms with Gasteiger partial charge in [-0.1, -0.05) is 126 Å². The van der Waals surface area contributed by atoms with E-state index in [1.165, 1.54) is 38.5 Å². The van der Waals surface area contributed by atoms with Gasteiger partial charge in [0.15, 0.2) is 0 Å². The first-order chi connectivity index (χ1) is 16.1. The van der Waals surface area contributed by atoms with E-state index in [1.807, 2.05) is 36.4 Å². The van der Waals surface area contributed by atoms with Gasteiger partial charge in [-0.15, -0.1) is 0 Å². The number of benzene rings is 3. The first-order valence-corrected chi connectivity index (χ1v) is 13.3. The first-order valence-electron chi connectivity index (χ1n) is 13.3. The molecule has 0 amide bonds. The Morgan fingerprint density at radius 1 is 0.353 bits per heavy atom. The number of hydrogen-bond acceptors (Lipinski definition) is 0. The van der Waals surface area contributed by atoms with Gasteiger partial charge in [-0.05, 0) is 82.4 Å². The van der Waals surface area contributed by atoms with E-state index in [0.29, 0.717) is 21.7 Å². The monoisotopic (exact) mass is 452 g/mol. The molecule has 1 fully saturated rings. The van der Waals surface area contributed by atoms with Crippen molar-refractivity contribution in [3.05, 3.63) is 107 Å². The van der Waals surface area contributed by atoms with Crippen LogP contribution in [0.5, 0.6) is 0 Å². The van der Waals surface area contributed by atoms with E-state index >= 15 is 0 Å². The van der Waals surface area contributed by atoms with Crippen LogP contribution in [-0.2, 0) is 21.7 Å². The topological polar surface area (TPSA) is 0 Å². The van der Waals surface area contributed by atoms with E-state index in [-0.39, 0.29) is 0 Å². The fourth-order valence-corrected chi connectivity index (χ4v) is 6.37. The van der Waals surface area contributed by atoms with Crippen LogP contribution >= 0.6 is 0 Å². The fourth-order valence-electron chi connectivity index (χ4n) is 6.37. The molecule has 3 aromatic carbocycles. The Balaban J connectivity index is 0.000000131. The molecule has 2 bridgehead atoms. The quantitative estimate of drug-likeness (QED) is 0.318. The molecule has 180 valence electrons. The third-order valence-corrected chi connectivity index (χ3v) is 9.11. The molecule has 4 aliphatic rings. The Morgan fingerprint density at radius 2 is 0.618 bits per heavy atom. The van der Waals surface area contributed by atoms with Gasteiger partial charge in [-0.3, -0.25) is 0 Å². The third kappa shape index (κ3) is 4.88. The van der Waals surface area contributed by atoms with Crippen molar-refractivity contribution in [2.75, 3.05) is 0 Å². The van der Waals surface area contributed by atoms with Crippen LogP contribution in [0, 0.1) is 0 Å². The summed E-state index contributed by atoms with van der Waals surface area (Å²) < 4.78 is 0. The summed E-state index contributed by atoms with van der Waals surface area (Å²) in [6, 6.07) is 30.1. The zero-order chi connectivity index (χ0) is 24.5. The van der Waals surface area contributed by atoms with E-state index in [2.05, 4.69) is 90.1 Å². The van der Waals surface area contributed by atoms with Gasteiger partial charge in [0.2, 0.25) is 0 Å². The summed E-state index contributed by atoms with van der Waals surface area (Å²) in [7, 11) is 0. The highest BCUT2D eigenvalue weighted by molar-refractivity contribution is 5.44. The molecule has 0 heteroatoms. The van der Waals surface area contributed by atoms with E-state index in [1.54, 1.807) is 22.3 Å². The second-order valence-electron chi connectivity index (χ2n) is 12.6. The van der Waals surface area contributed by atoms with Crippen molar-refractivity contribution in [3.8, 4) is 0 Å². The maximum Gasteiger partial charge on any atom is -0.00717 e. The predicted molar refractivity (Wildman–Crippen MR) is 148 cm³/mol. The summed E-state index contributed by atoms with van der Waals surface area (Å²) in [5.74, 6) is 0. The minimum Gasteiger partial charge on any atom is -0.0623 e. The highest BCUT2D eigenvalue weighted by Gasteiger charge is 2.47. The van der Waals surface area contributed by atoms with Crippen LogP contribution < -0.4 is 0 Å². The molecule has 0 unspecified atom stereocenters. The molecule has 3 aromatic rings. The Labute approximate surface area is 208 Å². The SMILES string of the molecule is CC1(C)CCC(C)(C)c2ccccc21.CC12CCC(C)(CC1)c1ccccc12.c1ccccc1. The number of hydrogen-bond donors (Lipinski definition) is 0. The zero-order valence-electron chi connectivity index (χ0n) is 22.3. The van der Waals surface area contributed by atoms with Crippen LogP contribution in [0.2, 0.25) is 0 Å². The molecule has 0 N–H and O–H groups in total. The molecule has 7 rings (SSSR count). The third-order valence-electron chi connectivity index (χ3n) is 9.11. The van der Waals surface area contributed by atoms with Crippen LogP contribution in [0.4, 0.5) is 0 Å². The zero-order valence-corrected chi connectivity index (χ0v) is 22.3. The van der Waals surface area contributed by atoms with Crippen molar-refractivity contribution in [1.82, 2.24) is 0 Å². The van der Waals surface area contributed by atoms with Gasteiger partial charge < -0.3 is 0 Å². The van der Waals surface area contributed by atoms with Gasteiger partial charge in [-0.2, -0.15) is 0 Å². The highest BCUT2D eigenvalue weighted by Crippen LogP contribution is 2.55. The van der Waals surface area contributed by atoms with Crippen molar-refractivity contribution in [2.24, 2.45) is 0 Å². The average molecular weight is 453 g/mol. The van der Waals surface area contributed by atoms with Crippen molar-refractivity contribution >= 4 is 0 Å². The lowest BCUT2D eigenvalue weighted by Crippen LogP contribution is -2.43. The number of fused-ring (bicyclic) bond motifs is 3. The van der Waals surface area contributed by atoms with Gasteiger partial charge in [0.25, 0.3) is 0 Å². The lowest BCUT2D eigenvalue weighted by molar-refractivity contribution is 0.188. The molecule has 0 saturated heterocycles. The van der Waals surface area contributed by atoms with Gasteiger partial charge in [0.05, 0.1) is 0 Å². The van der Waals surface area contributed by atoms with Crippen LogP contribution in [0.3, 0.4) is 0 Å². The molecule has 1 saturated carbocycles. The summed E-state index contributed by atoms with van der Waals surface area (Å²) in [4.78, 5) is 0. The van der Waals surface area contributed by atoms with Gasteiger partial charge in [0.1, 0.15) is 0 Å². The lowest BCUT2D eigenvalue weighted by atomic mass is 9.53. The lowest BCUT2D eigenvalue weighted by Gasteiger charge is -2.52. The molecule has 0 heterocycles. The van der Waals surface area contributed by atoms with Crippen molar-refractivity contribution < 1.29 is 0 Å². The fraction of sp³-hybridized carbons (Fsp3) is 0.471. The Bertz CT molecular complexity index is 948. The van der Waals surface area contributed by atoms with Gasteiger partial charge >= 0.3 is 0 Å². The van der Waals surface area contributed by atoms with Crippen molar-refractivity contribution in [1.29, 1.82) is 0 Å². The normalized spacial score (nSPS) is 27.1. The predicted octanol–water partition coefficient (Wildman–Crippen LogP) is 9.51. The van der Waals surface area contributed by atoms with E-state index in [4.69, 9.17) is 0 Å². The largest absolute Gasteiger partial charge is 0.0623 e. The Kier molecular flexibility index (Phi) is 6.83. The molecular formula is C34H44. The molecule has 0 radical (unpaired) electrons. The van der Waals surface area contributed by atoms with E-state index in [9.17, 15) is 0 Å². The van der Waals surface area contributed by atoms with E-state index in [0.717, 1.165) is 0 Å².